The summed E-state index contributed by atoms with van der Waals surface area (Å²) >= 11 is 0. The van der Waals surface area contributed by atoms with E-state index in [9.17, 15) is 0 Å². The van der Waals surface area contributed by atoms with Crippen LogP contribution in [0.1, 0.15) is 33.6 Å². The normalized spacial score (nSPS) is 28.2. The molecule has 1 rings (SSSR count). The Bertz CT molecular complexity index is 164. The Hall–Kier alpha value is -0.120. The minimum absolute atomic E-state index is 0.637. The molecular weight excluding hydrogens is 188 g/mol. The number of hydrogen-bond donors (Lipinski definition) is 1. The highest BCUT2D eigenvalue weighted by Crippen LogP contribution is 2.06. The average Bonchev–Trinajstić information content (AvgIpc) is 2.23. The van der Waals surface area contributed by atoms with Crippen molar-refractivity contribution in [3.63, 3.8) is 0 Å². The molecule has 0 aromatic carbocycles. The first kappa shape index (κ1) is 12.9. The van der Waals surface area contributed by atoms with E-state index < -0.39 is 0 Å². The summed E-state index contributed by atoms with van der Waals surface area (Å²) in [5.41, 5.74) is 0. The number of nitrogens with zero attached hydrogens (tertiary/aromatic N) is 1. The Morgan fingerprint density at radius 2 is 2.13 bits per heavy atom. The minimum atomic E-state index is 0.637. The van der Waals surface area contributed by atoms with E-state index in [0.29, 0.717) is 12.1 Å². The van der Waals surface area contributed by atoms with Gasteiger partial charge in [0.05, 0.1) is 0 Å². The van der Waals surface area contributed by atoms with Gasteiger partial charge in [-0.2, -0.15) is 0 Å². The van der Waals surface area contributed by atoms with Crippen LogP contribution in [-0.4, -0.2) is 49.8 Å². The first-order chi connectivity index (χ1) is 7.24. The molecule has 0 radical (unpaired) electrons. The molecule has 1 aliphatic heterocycles. The van der Waals surface area contributed by atoms with Crippen molar-refractivity contribution in [1.82, 2.24) is 10.2 Å². The second-order valence-electron chi connectivity index (χ2n) is 4.62. The summed E-state index contributed by atoms with van der Waals surface area (Å²) in [6.07, 6.45) is 2.29. The van der Waals surface area contributed by atoms with Crippen LogP contribution in [0.2, 0.25) is 0 Å². The van der Waals surface area contributed by atoms with Crippen LogP contribution >= 0.6 is 0 Å². The van der Waals surface area contributed by atoms with E-state index >= 15 is 0 Å². The van der Waals surface area contributed by atoms with E-state index in [4.69, 9.17) is 4.74 Å². The Morgan fingerprint density at radius 3 is 2.87 bits per heavy atom. The molecule has 1 heterocycles. The van der Waals surface area contributed by atoms with Crippen molar-refractivity contribution in [1.29, 1.82) is 0 Å². The summed E-state index contributed by atoms with van der Waals surface area (Å²) in [7, 11) is 0. The zero-order valence-corrected chi connectivity index (χ0v) is 10.5. The zero-order chi connectivity index (χ0) is 11.1. The van der Waals surface area contributed by atoms with Crippen molar-refractivity contribution < 1.29 is 4.74 Å². The minimum Gasteiger partial charge on any atom is -0.381 e. The molecule has 1 saturated heterocycles. The standard InChI is InChI=1S/C12H26N2O/c1-4-7-15-8-5-6-14-10-11(2)13-9-12(14)3/h11-13H,4-10H2,1-3H3. The Morgan fingerprint density at radius 1 is 1.33 bits per heavy atom. The van der Waals surface area contributed by atoms with Crippen LogP contribution < -0.4 is 5.32 Å². The monoisotopic (exact) mass is 214 g/mol. The van der Waals surface area contributed by atoms with E-state index in [-0.39, 0.29) is 0 Å². The zero-order valence-electron chi connectivity index (χ0n) is 10.5. The molecular formula is C12H26N2O. The molecule has 1 N–H and O–H groups in total. The van der Waals surface area contributed by atoms with E-state index in [2.05, 4.69) is 31.0 Å². The summed E-state index contributed by atoms with van der Waals surface area (Å²) in [5.74, 6) is 0. The fourth-order valence-corrected chi connectivity index (χ4v) is 2.02. The van der Waals surface area contributed by atoms with Crippen molar-refractivity contribution in [2.75, 3.05) is 32.8 Å². The van der Waals surface area contributed by atoms with Gasteiger partial charge >= 0.3 is 0 Å². The molecule has 0 aliphatic carbocycles. The Kier molecular flexibility index (Phi) is 6.22. The van der Waals surface area contributed by atoms with Crippen molar-refractivity contribution in [2.45, 2.75) is 45.7 Å². The van der Waals surface area contributed by atoms with Gasteiger partial charge in [-0.3, -0.25) is 4.90 Å². The van der Waals surface area contributed by atoms with E-state index in [1.165, 1.54) is 13.1 Å². The molecule has 0 spiro atoms. The lowest BCUT2D eigenvalue weighted by Gasteiger charge is -2.37. The molecule has 0 saturated carbocycles. The van der Waals surface area contributed by atoms with Gasteiger partial charge in [-0.05, 0) is 26.7 Å². The molecule has 0 amide bonds. The summed E-state index contributed by atoms with van der Waals surface area (Å²) in [5, 5.41) is 3.50. The molecule has 0 aromatic rings. The van der Waals surface area contributed by atoms with Crippen LogP contribution in [0.4, 0.5) is 0 Å². The molecule has 1 fully saturated rings. The molecule has 3 nitrogen and oxygen atoms in total. The maximum atomic E-state index is 5.49. The summed E-state index contributed by atoms with van der Waals surface area (Å²) in [6, 6.07) is 1.31. The second kappa shape index (κ2) is 7.20. The molecule has 0 aromatic heterocycles. The lowest BCUT2D eigenvalue weighted by atomic mass is 10.1. The van der Waals surface area contributed by atoms with Crippen LogP contribution in [0.25, 0.3) is 0 Å². The van der Waals surface area contributed by atoms with Crippen molar-refractivity contribution >= 4 is 0 Å². The van der Waals surface area contributed by atoms with Gasteiger partial charge in [0.2, 0.25) is 0 Å². The van der Waals surface area contributed by atoms with Crippen LogP contribution in [0, 0.1) is 0 Å². The lowest BCUT2D eigenvalue weighted by molar-refractivity contribution is 0.0994. The van der Waals surface area contributed by atoms with Crippen LogP contribution in [0.15, 0.2) is 0 Å². The van der Waals surface area contributed by atoms with Crippen molar-refractivity contribution in [3.05, 3.63) is 0 Å². The van der Waals surface area contributed by atoms with Gasteiger partial charge in [0.15, 0.2) is 0 Å². The lowest BCUT2D eigenvalue weighted by Crippen LogP contribution is -2.54. The number of nitrogens with one attached hydrogen (secondary N) is 1. The Labute approximate surface area is 94.2 Å². The molecule has 3 heteroatoms. The summed E-state index contributed by atoms with van der Waals surface area (Å²) in [4.78, 5) is 2.57. The highest BCUT2D eigenvalue weighted by atomic mass is 16.5. The third-order valence-electron chi connectivity index (χ3n) is 2.98. The third kappa shape index (κ3) is 4.96. The summed E-state index contributed by atoms with van der Waals surface area (Å²) < 4.78 is 5.49. The first-order valence-electron chi connectivity index (χ1n) is 6.29. The third-order valence-corrected chi connectivity index (χ3v) is 2.98. The van der Waals surface area contributed by atoms with Crippen LogP contribution in [0.3, 0.4) is 0 Å². The second-order valence-corrected chi connectivity index (χ2v) is 4.62. The molecule has 2 unspecified atom stereocenters. The SMILES string of the molecule is CCCOCCCN1CC(C)NCC1C. The number of hydrogen-bond acceptors (Lipinski definition) is 3. The van der Waals surface area contributed by atoms with Gasteiger partial charge in [-0.1, -0.05) is 6.92 Å². The fraction of sp³-hybridized carbons (Fsp3) is 1.00. The summed E-state index contributed by atoms with van der Waals surface area (Å²) in [6.45, 7) is 12.0. The van der Waals surface area contributed by atoms with Gasteiger partial charge in [-0.25, -0.2) is 0 Å². The van der Waals surface area contributed by atoms with Gasteiger partial charge in [0.1, 0.15) is 0 Å². The fourth-order valence-electron chi connectivity index (χ4n) is 2.02. The quantitative estimate of drug-likeness (QED) is 0.678. The predicted molar refractivity (Wildman–Crippen MR) is 64.2 cm³/mol. The average molecular weight is 214 g/mol. The maximum absolute atomic E-state index is 5.49. The Balaban J connectivity index is 2.08. The van der Waals surface area contributed by atoms with Crippen LogP contribution in [-0.2, 0) is 4.74 Å². The molecule has 15 heavy (non-hydrogen) atoms. The van der Waals surface area contributed by atoms with Crippen LogP contribution in [0.5, 0.6) is 0 Å². The van der Waals surface area contributed by atoms with E-state index in [1.54, 1.807) is 0 Å². The molecule has 2 atom stereocenters. The predicted octanol–water partition coefficient (Wildman–Crippen LogP) is 1.49. The highest BCUT2D eigenvalue weighted by Gasteiger charge is 2.21. The van der Waals surface area contributed by atoms with Gasteiger partial charge in [-0.15, -0.1) is 0 Å². The maximum Gasteiger partial charge on any atom is 0.0478 e. The number of rotatable bonds is 6. The largest absolute Gasteiger partial charge is 0.381 e. The van der Waals surface area contributed by atoms with Gasteiger partial charge in [0, 0.05) is 44.9 Å². The van der Waals surface area contributed by atoms with E-state index in [0.717, 1.165) is 32.6 Å². The topological polar surface area (TPSA) is 24.5 Å². The molecule has 1 aliphatic rings. The van der Waals surface area contributed by atoms with Crippen molar-refractivity contribution in [3.8, 4) is 0 Å². The van der Waals surface area contributed by atoms with E-state index in [1.807, 2.05) is 0 Å². The number of piperazine rings is 1. The first-order valence-corrected chi connectivity index (χ1v) is 6.29. The molecule has 0 bridgehead atoms. The highest BCUT2D eigenvalue weighted by molar-refractivity contribution is 4.80. The van der Waals surface area contributed by atoms with Crippen molar-refractivity contribution in [2.24, 2.45) is 0 Å². The molecule has 90 valence electrons. The van der Waals surface area contributed by atoms with Gasteiger partial charge < -0.3 is 10.1 Å². The van der Waals surface area contributed by atoms with Gasteiger partial charge in [0.25, 0.3) is 0 Å². The number of ether oxygens (including phenoxy) is 1. The smallest absolute Gasteiger partial charge is 0.0478 e.